The van der Waals surface area contributed by atoms with Crippen molar-refractivity contribution in [2.75, 3.05) is 25.5 Å². The smallest absolute Gasteiger partial charge is 0.256 e. The summed E-state index contributed by atoms with van der Waals surface area (Å²) in [6.45, 7) is 4.17. The normalized spacial score (nSPS) is 12.1. The lowest BCUT2D eigenvalue weighted by Gasteiger charge is -2.24. The molecular formula is C14H21FN2O2. The van der Waals surface area contributed by atoms with E-state index in [-0.39, 0.29) is 29.8 Å². The number of nitrogens with one attached hydrogen (secondary N) is 1. The van der Waals surface area contributed by atoms with E-state index in [2.05, 4.69) is 5.32 Å². The third-order valence-electron chi connectivity index (χ3n) is 3.04. The molecule has 1 amide bonds. The monoisotopic (exact) mass is 268 g/mol. The molecular weight excluding hydrogens is 247 g/mol. The molecule has 106 valence electrons. The van der Waals surface area contributed by atoms with Crippen molar-refractivity contribution in [2.24, 2.45) is 0 Å². The van der Waals surface area contributed by atoms with Gasteiger partial charge in [-0.05, 0) is 25.5 Å². The minimum absolute atomic E-state index is 0.130. The molecule has 0 aromatic heterocycles. The largest absolute Gasteiger partial charge is 0.394 e. The molecule has 0 aliphatic heterocycles. The number of hydrogen-bond acceptors (Lipinski definition) is 3. The van der Waals surface area contributed by atoms with Crippen molar-refractivity contribution < 1.29 is 14.3 Å². The van der Waals surface area contributed by atoms with E-state index in [4.69, 9.17) is 5.11 Å². The van der Waals surface area contributed by atoms with Crippen LogP contribution in [0.3, 0.4) is 0 Å². The van der Waals surface area contributed by atoms with Crippen LogP contribution in [0.1, 0.15) is 30.6 Å². The lowest BCUT2D eigenvalue weighted by atomic mass is 10.1. The first-order chi connectivity index (χ1) is 9.02. The maximum Gasteiger partial charge on any atom is 0.256 e. The molecule has 1 rings (SSSR count). The number of amides is 1. The van der Waals surface area contributed by atoms with E-state index in [0.29, 0.717) is 6.54 Å². The van der Waals surface area contributed by atoms with E-state index in [1.54, 1.807) is 20.0 Å². The summed E-state index contributed by atoms with van der Waals surface area (Å²) in [6, 6.07) is 4.11. The van der Waals surface area contributed by atoms with Crippen molar-refractivity contribution in [2.45, 2.75) is 26.3 Å². The summed E-state index contributed by atoms with van der Waals surface area (Å²) in [5.74, 6) is -0.746. The molecule has 0 spiro atoms. The van der Waals surface area contributed by atoms with Crippen LogP contribution in [0.15, 0.2) is 18.2 Å². The molecule has 1 atom stereocenters. The van der Waals surface area contributed by atoms with Crippen LogP contribution < -0.4 is 5.32 Å². The summed E-state index contributed by atoms with van der Waals surface area (Å²) in [4.78, 5) is 13.7. The van der Waals surface area contributed by atoms with Crippen molar-refractivity contribution in [1.29, 1.82) is 0 Å². The number of benzene rings is 1. The summed E-state index contributed by atoms with van der Waals surface area (Å²) < 4.78 is 13.8. The SMILES string of the molecule is CCCNc1c(F)cccc1C(=O)N(C)C(C)CO. The fourth-order valence-electron chi connectivity index (χ4n) is 1.64. The maximum absolute atomic E-state index is 13.8. The molecule has 5 heteroatoms. The van der Waals surface area contributed by atoms with E-state index in [0.717, 1.165) is 6.42 Å². The standard InChI is InChI=1S/C14H21FN2O2/c1-4-8-16-13-11(6-5-7-12(13)15)14(19)17(3)10(2)9-18/h5-7,10,16,18H,4,8-9H2,1-3H3. The second-order valence-electron chi connectivity index (χ2n) is 4.54. The lowest BCUT2D eigenvalue weighted by Crippen LogP contribution is -2.37. The minimum Gasteiger partial charge on any atom is -0.394 e. The van der Waals surface area contributed by atoms with Gasteiger partial charge in [0.25, 0.3) is 5.91 Å². The fraction of sp³-hybridized carbons (Fsp3) is 0.500. The van der Waals surface area contributed by atoms with Crippen LogP contribution in [-0.2, 0) is 0 Å². The molecule has 0 heterocycles. The highest BCUT2D eigenvalue weighted by atomic mass is 19.1. The number of hydrogen-bond donors (Lipinski definition) is 2. The van der Waals surface area contributed by atoms with E-state index >= 15 is 0 Å². The Morgan fingerprint density at radius 2 is 2.21 bits per heavy atom. The predicted molar refractivity (Wildman–Crippen MR) is 73.8 cm³/mol. The molecule has 0 aliphatic rings. The first-order valence-corrected chi connectivity index (χ1v) is 6.43. The predicted octanol–water partition coefficient (Wildman–Crippen LogP) is 2.10. The zero-order valence-corrected chi connectivity index (χ0v) is 11.6. The highest BCUT2D eigenvalue weighted by molar-refractivity contribution is 5.99. The van der Waals surface area contributed by atoms with E-state index < -0.39 is 5.82 Å². The van der Waals surface area contributed by atoms with E-state index in [1.807, 2.05) is 6.92 Å². The Morgan fingerprint density at radius 1 is 1.53 bits per heavy atom. The Morgan fingerprint density at radius 3 is 2.79 bits per heavy atom. The molecule has 1 aromatic carbocycles. The Balaban J connectivity index is 3.05. The number of halogens is 1. The van der Waals surface area contributed by atoms with Gasteiger partial charge in [0.1, 0.15) is 5.82 Å². The van der Waals surface area contributed by atoms with Crippen LogP contribution in [0.2, 0.25) is 0 Å². The average molecular weight is 268 g/mol. The summed E-state index contributed by atoms with van der Waals surface area (Å²) >= 11 is 0. The molecule has 1 unspecified atom stereocenters. The number of carbonyl (C=O) groups excluding carboxylic acids is 1. The maximum atomic E-state index is 13.8. The number of likely N-dealkylation sites (N-methyl/N-ethyl adjacent to an activating group) is 1. The fourth-order valence-corrected chi connectivity index (χ4v) is 1.64. The van der Waals surface area contributed by atoms with Crippen molar-refractivity contribution in [3.05, 3.63) is 29.6 Å². The molecule has 4 nitrogen and oxygen atoms in total. The van der Waals surface area contributed by atoms with Gasteiger partial charge in [-0.2, -0.15) is 0 Å². The van der Waals surface area contributed by atoms with Gasteiger partial charge in [0.2, 0.25) is 0 Å². The van der Waals surface area contributed by atoms with Gasteiger partial charge in [0, 0.05) is 13.6 Å². The number of para-hydroxylation sites is 1. The lowest BCUT2D eigenvalue weighted by molar-refractivity contribution is 0.0682. The van der Waals surface area contributed by atoms with Gasteiger partial charge in [-0.15, -0.1) is 0 Å². The van der Waals surface area contributed by atoms with Crippen LogP contribution in [-0.4, -0.2) is 42.2 Å². The van der Waals surface area contributed by atoms with Crippen molar-refractivity contribution in [3.8, 4) is 0 Å². The van der Waals surface area contributed by atoms with Crippen LogP contribution in [0.4, 0.5) is 10.1 Å². The second-order valence-corrected chi connectivity index (χ2v) is 4.54. The highest BCUT2D eigenvalue weighted by Crippen LogP contribution is 2.21. The summed E-state index contributed by atoms with van der Waals surface area (Å²) in [6.07, 6.45) is 0.838. The third-order valence-corrected chi connectivity index (χ3v) is 3.04. The molecule has 1 aromatic rings. The van der Waals surface area contributed by atoms with Gasteiger partial charge in [-0.25, -0.2) is 4.39 Å². The van der Waals surface area contributed by atoms with Crippen LogP contribution in [0.25, 0.3) is 0 Å². The third kappa shape index (κ3) is 3.67. The first kappa shape index (κ1) is 15.4. The Kier molecular flexibility index (Phi) is 5.76. The number of anilines is 1. The van der Waals surface area contributed by atoms with Gasteiger partial charge in [0.05, 0.1) is 23.9 Å². The summed E-state index contributed by atoms with van der Waals surface area (Å²) in [5, 5.41) is 12.0. The molecule has 2 N–H and O–H groups in total. The topological polar surface area (TPSA) is 52.6 Å². The first-order valence-electron chi connectivity index (χ1n) is 6.43. The van der Waals surface area contributed by atoms with Gasteiger partial charge in [-0.3, -0.25) is 4.79 Å². The van der Waals surface area contributed by atoms with E-state index in [9.17, 15) is 9.18 Å². The summed E-state index contributed by atoms with van der Waals surface area (Å²) in [7, 11) is 1.59. The van der Waals surface area contributed by atoms with Gasteiger partial charge in [0.15, 0.2) is 0 Å². The second kappa shape index (κ2) is 7.09. The number of aliphatic hydroxyl groups is 1. The summed E-state index contributed by atoms with van der Waals surface area (Å²) in [5.41, 5.74) is 0.516. The molecule has 0 fully saturated rings. The van der Waals surface area contributed by atoms with Crippen LogP contribution >= 0.6 is 0 Å². The number of rotatable bonds is 6. The Labute approximate surface area is 113 Å². The van der Waals surface area contributed by atoms with Gasteiger partial charge < -0.3 is 15.3 Å². The molecule has 0 radical (unpaired) electrons. The van der Waals surface area contributed by atoms with E-state index in [1.165, 1.54) is 17.0 Å². The number of nitrogens with zero attached hydrogens (tertiary/aromatic N) is 1. The van der Waals surface area contributed by atoms with Crippen molar-refractivity contribution >= 4 is 11.6 Å². The van der Waals surface area contributed by atoms with Crippen LogP contribution in [0.5, 0.6) is 0 Å². The van der Waals surface area contributed by atoms with Gasteiger partial charge >= 0.3 is 0 Å². The Bertz CT molecular complexity index is 437. The van der Waals surface area contributed by atoms with Crippen LogP contribution in [0, 0.1) is 5.82 Å². The van der Waals surface area contributed by atoms with Crippen molar-refractivity contribution in [1.82, 2.24) is 4.90 Å². The minimum atomic E-state index is -0.440. The molecule has 19 heavy (non-hydrogen) atoms. The molecule has 0 saturated heterocycles. The zero-order chi connectivity index (χ0) is 14.4. The highest BCUT2D eigenvalue weighted by Gasteiger charge is 2.21. The average Bonchev–Trinajstić information content (AvgIpc) is 2.43. The van der Waals surface area contributed by atoms with Crippen molar-refractivity contribution in [3.63, 3.8) is 0 Å². The zero-order valence-electron chi connectivity index (χ0n) is 11.6. The number of carbonyl (C=O) groups is 1. The molecule has 0 bridgehead atoms. The molecule has 0 saturated carbocycles. The quantitative estimate of drug-likeness (QED) is 0.830. The Hall–Kier alpha value is -1.62. The van der Waals surface area contributed by atoms with Gasteiger partial charge in [-0.1, -0.05) is 13.0 Å². The number of aliphatic hydroxyl groups excluding tert-OH is 1. The molecule has 0 aliphatic carbocycles.